The second-order valence-corrected chi connectivity index (χ2v) is 6.28. The summed E-state index contributed by atoms with van der Waals surface area (Å²) < 4.78 is 18.5. The van der Waals surface area contributed by atoms with E-state index in [1.54, 1.807) is 0 Å². The number of halogens is 1. The number of rotatable bonds is 7. The quantitative estimate of drug-likeness (QED) is 0.338. The Morgan fingerprint density at radius 3 is 2.68 bits per heavy atom. The average molecular weight is 426 g/mol. The lowest BCUT2D eigenvalue weighted by Crippen LogP contribution is -2.21. The highest BCUT2D eigenvalue weighted by Crippen LogP contribution is 2.23. The van der Waals surface area contributed by atoms with Crippen molar-refractivity contribution in [2.75, 3.05) is 5.32 Å². The zero-order valence-corrected chi connectivity index (χ0v) is 15.8. The van der Waals surface area contributed by atoms with Crippen molar-refractivity contribution < 1.29 is 23.3 Å². The van der Waals surface area contributed by atoms with Crippen molar-refractivity contribution in [3.63, 3.8) is 0 Å². The highest BCUT2D eigenvalue weighted by molar-refractivity contribution is 5.95. The first-order chi connectivity index (χ1) is 14.8. The fourth-order valence-electron chi connectivity index (χ4n) is 2.62. The van der Waals surface area contributed by atoms with Crippen LogP contribution in [0.5, 0.6) is 0 Å². The van der Waals surface area contributed by atoms with E-state index in [2.05, 4.69) is 15.8 Å². The molecule has 0 fully saturated rings. The third kappa shape index (κ3) is 5.35. The monoisotopic (exact) mass is 426 g/mol. The third-order valence-corrected chi connectivity index (χ3v) is 4.11. The van der Waals surface area contributed by atoms with E-state index in [4.69, 9.17) is 4.42 Å². The number of benzene rings is 2. The lowest BCUT2D eigenvalue weighted by Gasteiger charge is -2.05. The maximum Gasteiger partial charge on any atom is 0.292 e. The van der Waals surface area contributed by atoms with Gasteiger partial charge in [0, 0.05) is 18.9 Å². The first-order valence-corrected chi connectivity index (χ1v) is 8.91. The standard InChI is InChI=1S/C20H15FN4O6/c21-13-5-6-17-14(9-13)20(28)12(11-31-17)10-22-24-19(27)8-7-18(26)23-15-3-1-2-4-16(15)25(29)30/h1-6,9-11H,7-8H2,(H,23,26)(H,24,27)/b22-10+. The number of amides is 2. The SMILES string of the molecule is O=C(CCC(=O)Nc1ccccc1[N+](=O)[O-])N/N=C/c1coc2ccc(F)cc2c1=O. The lowest BCUT2D eigenvalue weighted by atomic mass is 10.2. The van der Waals surface area contributed by atoms with Crippen molar-refractivity contribution in [1.29, 1.82) is 0 Å². The minimum Gasteiger partial charge on any atom is -0.463 e. The van der Waals surface area contributed by atoms with Gasteiger partial charge in [0.1, 0.15) is 23.4 Å². The minimum atomic E-state index is -0.630. The Morgan fingerprint density at radius 2 is 1.90 bits per heavy atom. The molecular weight excluding hydrogens is 411 g/mol. The summed E-state index contributed by atoms with van der Waals surface area (Å²) in [6.45, 7) is 0. The lowest BCUT2D eigenvalue weighted by molar-refractivity contribution is -0.383. The number of nitrogens with one attached hydrogen (secondary N) is 2. The van der Waals surface area contributed by atoms with Crippen LogP contribution in [0.15, 0.2) is 63.0 Å². The fourth-order valence-corrected chi connectivity index (χ4v) is 2.62. The topological polar surface area (TPSA) is 144 Å². The van der Waals surface area contributed by atoms with Gasteiger partial charge in [0.05, 0.1) is 22.1 Å². The zero-order chi connectivity index (χ0) is 22.4. The molecule has 0 saturated heterocycles. The number of carbonyl (C=O) groups is 2. The van der Waals surface area contributed by atoms with Crippen LogP contribution in [0.4, 0.5) is 15.8 Å². The van der Waals surface area contributed by atoms with E-state index in [1.807, 2.05) is 0 Å². The van der Waals surface area contributed by atoms with Crippen molar-refractivity contribution in [2.45, 2.75) is 12.8 Å². The molecule has 0 saturated carbocycles. The number of carbonyl (C=O) groups excluding carboxylic acids is 2. The van der Waals surface area contributed by atoms with E-state index >= 15 is 0 Å². The predicted octanol–water partition coefficient (Wildman–Crippen LogP) is 2.71. The van der Waals surface area contributed by atoms with Crippen LogP contribution in [0, 0.1) is 15.9 Å². The molecule has 0 aliphatic heterocycles. The van der Waals surface area contributed by atoms with E-state index in [1.165, 1.54) is 30.3 Å². The number of nitrogens with zero attached hydrogens (tertiary/aromatic N) is 2. The van der Waals surface area contributed by atoms with Crippen molar-refractivity contribution in [3.05, 3.63) is 80.4 Å². The van der Waals surface area contributed by atoms with Crippen molar-refractivity contribution in [1.82, 2.24) is 5.43 Å². The van der Waals surface area contributed by atoms with Gasteiger partial charge >= 0.3 is 0 Å². The number of nitro benzene ring substituents is 1. The minimum absolute atomic E-state index is 0.00692. The molecule has 3 aromatic rings. The van der Waals surface area contributed by atoms with Crippen LogP contribution in [0.3, 0.4) is 0 Å². The molecule has 2 aromatic carbocycles. The number of fused-ring (bicyclic) bond motifs is 1. The van der Waals surface area contributed by atoms with Crippen LogP contribution in [-0.4, -0.2) is 23.0 Å². The Labute approximate surface area is 173 Å². The normalized spacial score (nSPS) is 10.9. The van der Waals surface area contributed by atoms with Crippen LogP contribution in [0.2, 0.25) is 0 Å². The molecule has 3 rings (SSSR count). The van der Waals surface area contributed by atoms with E-state index < -0.39 is 28.0 Å². The van der Waals surface area contributed by atoms with Gasteiger partial charge in [0.15, 0.2) is 0 Å². The predicted molar refractivity (Wildman–Crippen MR) is 109 cm³/mol. The molecule has 0 atom stereocenters. The van der Waals surface area contributed by atoms with E-state index in [0.29, 0.717) is 0 Å². The molecule has 0 aliphatic rings. The highest BCUT2D eigenvalue weighted by Gasteiger charge is 2.15. The summed E-state index contributed by atoms with van der Waals surface area (Å²) in [5, 5.41) is 17.0. The van der Waals surface area contributed by atoms with Crippen LogP contribution in [0.1, 0.15) is 18.4 Å². The number of hydrogen-bond donors (Lipinski definition) is 2. The summed E-state index contributed by atoms with van der Waals surface area (Å²) in [7, 11) is 0. The summed E-state index contributed by atoms with van der Waals surface area (Å²) >= 11 is 0. The maximum absolute atomic E-state index is 13.3. The molecule has 11 heteroatoms. The van der Waals surface area contributed by atoms with E-state index in [9.17, 15) is 28.9 Å². The molecule has 10 nitrogen and oxygen atoms in total. The van der Waals surface area contributed by atoms with Gasteiger partial charge in [-0.2, -0.15) is 5.10 Å². The average Bonchev–Trinajstić information content (AvgIpc) is 2.74. The van der Waals surface area contributed by atoms with Crippen molar-refractivity contribution in [2.24, 2.45) is 5.10 Å². The van der Waals surface area contributed by atoms with Crippen molar-refractivity contribution >= 4 is 40.4 Å². The molecule has 2 amide bonds. The molecule has 1 aromatic heterocycles. The molecule has 31 heavy (non-hydrogen) atoms. The van der Waals surface area contributed by atoms with Gasteiger partial charge in [-0.05, 0) is 24.3 Å². The van der Waals surface area contributed by atoms with Gasteiger partial charge in [-0.3, -0.25) is 24.5 Å². The van der Waals surface area contributed by atoms with Gasteiger partial charge in [-0.1, -0.05) is 12.1 Å². The highest BCUT2D eigenvalue weighted by atomic mass is 19.1. The van der Waals surface area contributed by atoms with Crippen molar-refractivity contribution in [3.8, 4) is 0 Å². The summed E-state index contributed by atoms with van der Waals surface area (Å²) in [6.07, 6.45) is 1.67. The van der Waals surface area contributed by atoms with Gasteiger partial charge in [-0.15, -0.1) is 0 Å². The number of nitro groups is 1. The molecular formula is C20H15FN4O6. The van der Waals surface area contributed by atoms with Gasteiger partial charge in [-0.25, -0.2) is 9.82 Å². The third-order valence-electron chi connectivity index (χ3n) is 4.11. The molecule has 158 valence electrons. The van der Waals surface area contributed by atoms with Crippen LogP contribution < -0.4 is 16.2 Å². The van der Waals surface area contributed by atoms with Gasteiger partial charge in [0.25, 0.3) is 5.69 Å². The van der Waals surface area contributed by atoms with Gasteiger partial charge < -0.3 is 9.73 Å². The molecule has 0 aliphatic carbocycles. The van der Waals surface area contributed by atoms with Crippen LogP contribution in [0.25, 0.3) is 11.0 Å². The molecule has 0 bridgehead atoms. The van der Waals surface area contributed by atoms with Crippen LogP contribution >= 0.6 is 0 Å². The number of anilines is 1. The maximum atomic E-state index is 13.3. The molecule has 2 N–H and O–H groups in total. The fraction of sp³-hybridized carbons (Fsp3) is 0.100. The first kappa shape index (κ1) is 21.3. The Balaban J connectivity index is 1.55. The Hall–Kier alpha value is -4.41. The smallest absolute Gasteiger partial charge is 0.292 e. The summed E-state index contributed by atoms with van der Waals surface area (Å²) in [5.74, 6) is -1.81. The number of hydrogen-bond acceptors (Lipinski definition) is 7. The first-order valence-electron chi connectivity index (χ1n) is 8.91. The largest absolute Gasteiger partial charge is 0.463 e. The Morgan fingerprint density at radius 1 is 1.16 bits per heavy atom. The molecule has 0 radical (unpaired) electrons. The van der Waals surface area contributed by atoms with Gasteiger partial charge in [0.2, 0.25) is 17.2 Å². The summed E-state index contributed by atoms with van der Waals surface area (Å²) in [4.78, 5) is 46.4. The van der Waals surface area contributed by atoms with Crippen LogP contribution in [-0.2, 0) is 9.59 Å². The molecule has 1 heterocycles. The number of para-hydroxylation sites is 2. The van der Waals surface area contributed by atoms with E-state index in [-0.39, 0.29) is 40.7 Å². The second kappa shape index (κ2) is 9.39. The Kier molecular flexibility index (Phi) is 6.45. The number of hydrazone groups is 1. The second-order valence-electron chi connectivity index (χ2n) is 6.28. The summed E-state index contributed by atoms with van der Waals surface area (Å²) in [6, 6.07) is 9.13. The van der Waals surface area contributed by atoms with E-state index in [0.717, 1.165) is 24.6 Å². The molecule has 0 spiro atoms. The summed E-state index contributed by atoms with van der Waals surface area (Å²) in [5.41, 5.74) is 1.59. The Bertz CT molecular complexity index is 1250. The molecule has 0 unspecified atom stereocenters. The zero-order valence-electron chi connectivity index (χ0n) is 15.8.